The summed E-state index contributed by atoms with van der Waals surface area (Å²) in [5, 5.41) is 9.65. The van der Waals surface area contributed by atoms with Crippen molar-refractivity contribution in [1.29, 1.82) is 5.26 Å². The zero-order valence-corrected chi connectivity index (χ0v) is 10.5. The van der Waals surface area contributed by atoms with Crippen LogP contribution in [0.5, 0.6) is 0 Å². The van der Waals surface area contributed by atoms with Crippen molar-refractivity contribution in [3.05, 3.63) is 47.9 Å². The number of allylic oxidation sites excluding steroid dienone is 3. The Morgan fingerprint density at radius 1 is 1.37 bits per heavy atom. The van der Waals surface area contributed by atoms with Gasteiger partial charge in [-0.2, -0.15) is 5.26 Å². The summed E-state index contributed by atoms with van der Waals surface area (Å²) in [6.07, 6.45) is 4.44. The van der Waals surface area contributed by atoms with Crippen LogP contribution < -0.4 is 11.5 Å². The Morgan fingerprint density at radius 2 is 2.16 bits per heavy atom. The average Bonchev–Trinajstić information content (AvgIpc) is 2.44. The van der Waals surface area contributed by atoms with Crippen LogP contribution in [0.3, 0.4) is 0 Å². The molecule has 0 atom stereocenters. The van der Waals surface area contributed by atoms with E-state index in [1.807, 2.05) is 31.2 Å². The lowest BCUT2D eigenvalue weighted by Gasteiger charge is -2.05. The minimum atomic E-state index is 0.412. The maximum Gasteiger partial charge on any atom is 0.134 e. The molecule has 0 spiro atoms. The fourth-order valence-electron chi connectivity index (χ4n) is 1.76. The van der Waals surface area contributed by atoms with E-state index in [4.69, 9.17) is 16.7 Å². The van der Waals surface area contributed by atoms with E-state index < -0.39 is 0 Å². The van der Waals surface area contributed by atoms with Crippen LogP contribution in [0, 0.1) is 11.3 Å². The van der Waals surface area contributed by atoms with E-state index >= 15 is 0 Å². The Labute approximate surface area is 110 Å². The topological polar surface area (TPSA) is 102 Å². The lowest BCUT2D eigenvalue weighted by atomic mass is 10.0. The molecule has 0 fully saturated rings. The summed E-state index contributed by atoms with van der Waals surface area (Å²) in [6, 6.07) is 7.71. The van der Waals surface area contributed by atoms with Crippen molar-refractivity contribution in [2.24, 2.45) is 5.73 Å². The van der Waals surface area contributed by atoms with Gasteiger partial charge < -0.3 is 11.5 Å². The largest absolute Gasteiger partial charge is 0.404 e. The van der Waals surface area contributed by atoms with Gasteiger partial charge >= 0.3 is 0 Å². The van der Waals surface area contributed by atoms with Crippen LogP contribution in [0.1, 0.15) is 12.5 Å². The number of hydrogen-bond donors (Lipinski definition) is 2. The third-order valence-corrected chi connectivity index (χ3v) is 2.80. The summed E-state index contributed by atoms with van der Waals surface area (Å²) in [5.41, 5.74) is 14.2. The molecule has 1 aromatic heterocycles. The van der Waals surface area contributed by atoms with Gasteiger partial charge in [0.15, 0.2) is 0 Å². The number of hydrogen-bond acceptors (Lipinski definition) is 5. The van der Waals surface area contributed by atoms with Gasteiger partial charge in [0.2, 0.25) is 0 Å². The van der Waals surface area contributed by atoms with Gasteiger partial charge in [0.25, 0.3) is 0 Å². The third-order valence-electron chi connectivity index (χ3n) is 2.80. The Bertz CT molecular complexity index is 722. The van der Waals surface area contributed by atoms with Crippen LogP contribution in [0.25, 0.3) is 16.5 Å². The van der Waals surface area contributed by atoms with Crippen molar-refractivity contribution in [1.82, 2.24) is 9.97 Å². The quantitative estimate of drug-likeness (QED) is 0.627. The first kappa shape index (κ1) is 12.6. The molecule has 0 saturated heterocycles. The molecule has 1 heterocycles. The van der Waals surface area contributed by atoms with E-state index in [1.54, 1.807) is 6.08 Å². The van der Waals surface area contributed by atoms with E-state index in [-0.39, 0.29) is 0 Å². The molecule has 0 bridgehead atoms. The second kappa shape index (κ2) is 5.19. The lowest BCUT2D eigenvalue weighted by Crippen LogP contribution is -1.94. The molecule has 0 radical (unpaired) electrons. The van der Waals surface area contributed by atoms with Crippen LogP contribution in [0.2, 0.25) is 0 Å². The second-order valence-electron chi connectivity index (χ2n) is 4.05. The fraction of sp³-hybridized carbons (Fsp3) is 0.0714. The van der Waals surface area contributed by atoms with Gasteiger partial charge in [-0.3, -0.25) is 0 Å². The first-order valence-electron chi connectivity index (χ1n) is 5.66. The Morgan fingerprint density at radius 3 is 2.84 bits per heavy atom. The highest BCUT2D eigenvalue weighted by Gasteiger charge is 2.03. The van der Waals surface area contributed by atoms with Crippen molar-refractivity contribution in [2.45, 2.75) is 6.92 Å². The van der Waals surface area contributed by atoms with E-state index in [2.05, 4.69) is 9.97 Å². The van der Waals surface area contributed by atoms with Gasteiger partial charge in [-0.1, -0.05) is 6.07 Å². The molecule has 2 rings (SSSR count). The van der Waals surface area contributed by atoms with Gasteiger partial charge in [-0.15, -0.1) is 0 Å². The zero-order valence-electron chi connectivity index (χ0n) is 10.5. The maximum atomic E-state index is 8.85. The van der Waals surface area contributed by atoms with Crippen LogP contribution >= 0.6 is 0 Å². The Hall–Kier alpha value is -2.87. The van der Waals surface area contributed by atoms with E-state index in [9.17, 15) is 0 Å². The van der Waals surface area contributed by atoms with E-state index in [0.717, 1.165) is 22.0 Å². The highest BCUT2D eigenvalue weighted by Crippen LogP contribution is 2.23. The number of anilines is 1. The van der Waals surface area contributed by atoms with Gasteiger partial charge in [0.05, 0.1) is 11.1 Å². The normalized spacial score (nSPS) is 12.4. The summed E-state index contributed by atoms with van der Waals surface area (Å²) in [7, 11) is 0. The SMILES string of the molecule is C/C(=C\C(C#N)=C/N)c1ccc2ncnc(N)c2c1. The van der Waals surface area contributed by atoms with Crippen molar-refractivity contribution in [3.63, 3.8) is 0 Å². The molecule has 0 unspecified atom stereocenters. The first-order valence-corrected chi connectivity index (χ1v) is 5.66. The second-order valence-corrected chi connectivity index (χ2v) is 4.05. The molecule has 0 aliphatic heterocycles. The van der Waals surface area contributed by atoms with Crippen molar-refractivity contribution < 1.29 is 0 Å². The Balaban J connectivity index is 2.53. The van der Waals surface area contributed by atoms with Gasteiger partial charge in [0.1, 0.15) is 18.2 Å². The molecular formula is C14H13N5. The number of nitrogens with two attached hydrogens (primary N) is 2. The van der Waals surface area contributed by atoms with Gasteiger partial charge in [-0.25, -0.2) is 9.97 Å². The molecule has 5 nitrogen and oxygen atoms in total. The van der Waals surface area contributed by atoms with Crippen LogP contribution in [-0.4, -0.2) is 9.97 Å². The van der Waals surface area contributed by atoms with E-state index in [1.165, 1.54) is 12.5 Å². The number of nitrogen functional groups attached to an aromatic ring is 1. The minimum Gasteiger partial charge on any atom is -0.404 e. The monoisotopic (exact) mass is 251 g/mol. The third kappa shape index (κ3) is 2.53. The predicted octanol–water partition coefficient (Wildman–Crippen LogP) is 1.98. The molecule has 2 aromatic rings. The molecule has 5 heteroatoms. The summed E-state index contributed by atoms with van der Waals surface area (Å²) in [5.74, 6) is 0.439. The van der Waals surface area contributed by atoms with Crippen LogP contribution in [0.15, 0.2) is 42.4 Å². The number of benzene rings is 1. The number of aromatic nitrogens is 2. The van der Waals surface area contributed by atoms with Crippen LogP contribution in [-0.2, 0) is 0 Å². The predicted molar refractivity (Wildman–Crippen MR) is 75.5 cm³/mol. The average molecular weight is 251 g/mol. The number of fused-ring (bicyclic) bond motifs is 1. The van der Waals surface area contributed by atoms with Crippen molar-refractivity contribution in [2.75, 3.05) is 5.73 Å². The van der Waals surface area contributed by atoms with Crippen molar-refractivity contribution in [3.8, 4) is 6.07 Å². The number of nitriles is 1. The molecule has 4 N–H and O–H groups in total. The maximum absolute atomic E-state index is 8.85. The molecule has 0 aliphatic carbocycles. The highest BCUT2D eigenvalue weighted by atomic mass is 14.9. The molecule has 0 saturated carbocycles. The number of nitrogens with zero attached hydrogens (tertiary/aromatic N) is 3. The van der Waals surface area contributed by atoms with Crippen molar-refractivity contribution >= 4 is 22.3 Å². The molecule has 0 aliphatic rings. The molecule has 1 aromatic carbocycles. The summed E-state index contributed by atoms with van der Waals surface area (Å²) < 4.78 is 0. The summed E-state index contributed by atoms with van der Waals surface area (Å²) >= 11 is 0. The standard InChI is InChI=1S/C14H13N5/c1-9(4-10(6-15)7-16)11-2-3-13-12(5-11)14(17)19-8-18-13/h2-6,8H,15H2,1H3,(H2,17,18,19)/b9-4+,10-6+. The molecule has 0 amide bonds. The van der Waals surface area contributed by atoms with Gasteiger partial charge in [0, 0.05) is 11.6 Å². The van der Waals surface area contributed by atoms with Gasteiger partial charge in [-0.05, 0) is 36.3 Å². The molecular weight excluding hydrogens is 238 g/mol. The minimum absolute atomic E-state index is 0.412. The van der Waals surface area contributed by atoms with Crippen LogP contribution in [0.4, 0.5) is 5.82 Å². The molecule has 94 valence electrons. The fourth-order valence-corrected chi connectivity index (χ4v) is 1.76. The lowest BCUT2D eigenvalue weighted by molar-refractivity contribution is 1.23. The molecule has 19 heavy (non-hydrogen) atoms. The summed E-state index contributed by atoms with van der Waals surface area (Å²) in [6.45, 7) is 1.90. The summed E-state index contributed by atoms with van der Waals surface area (Å²) in [4.78, 5) is 8.11. The first-order chi connectivity index (χ1) is 9.15. The number of rotatable bonds is 2. The zero-order chi connectivity index (χ0) is 13.8. The smallest absolute Gasteiger partial charge is 0.134 e. The van der Waals surface area contributed by atoms with E-state index in [0.29, 0.717) is 11.4 Å². The highest BCUT2D eigenvalue weighted by molar-refractivity contribution is 5.90. The Kier molecular flexibility index (Phi) is 3.44.